The number of alkyl halides is 3. The van der Waals surface area contributed by atoms with Crippen LogP contribution in [-0.2, 0) is 6.18 Å². The molecule has 0 fully saturated rings. The summed E-state index contributed by atoms with van der Waals surface area (Å²) in [5.41, 5.74) is -1.71. The second-order valence-electron chi connectivity index (χ2n) is 4.15. The van der Waals surface area contributed by atoms with Gasteiger partial charge in [0.25, 0.3) is 5.91 Å². The average Bonchev–Trinajstić information content (AvgIpc) is 2.42. The number of aromatic nitrogens is 1. The Morgan fingerprint density at radius 3 is 2.50 bits per heavy atom. The Kier molecular flexibility index (Phi) is 4.48. The first-order valence-electron chi connectivity index (χ1n) is 5.72. The molecule has 116 valence electrons. The number of aromatic hydroxyl groups is 1. The molecule has 1 aromatic carbocycles. The van der Waals surface area contributed by atoms with Crippen LogP contribution in [0.1, 0.15) is 16.1 Å². The van der Waals surface area contributed by atoms with Crippen LogP contribution in [0.2, 0.25) is 10.2 Å². The van der Waals surface area contributed by atoms with Crippen molar-refractivity contribution in [3.63, 3.8) is 0 Å². The molecule has 0 aliphatic rings. The highest BCUT2D eigenvalue weighted by Crippen LogP contribution is 2.34. The second-order valence-corrected chi connectivity index (χ2v) is 4.94. The summed E-state index contributed by atoms with van der Waals surface area (Å²) in [5, 5.41) is 11.6. The van der Waals surface area contributed by atoms with Gasteiger partial charge in [-0.25, -0.2) is 4.98 Å². The predicted octanol–water partition coefficient (Wildman–Crippen LogP) is 4.37. The Labute approximate surface area is 132 Å². The zero-order valence-electron chi connectivity index (χ0n) is 10.6. The normalized spacial score (nSPS) is 11.3. The number of nitrogens with zero attached hydrogens (tertiary/aromatic N) is 1. The van der Waals surface area contributed by atoms with Crippen LogP contribution in [0.25, 0.3) is 0 Å². The van der Waals surface area contributed by atoms with Gasteiger partial charge < -0.3 is 10.4 Å². The maximum Gasteiger partial charge on any atom is 0.416 e. The first-order valence-corrected chi connectivity index (χ1v) is 6.47. The lowest BCUT2D eigenvalue weighted by molar-refractivity contribution is -0.137. The predicted molar refractivity (Wildman–Crippen MR) is 75.3 cm³/mol. The van der Waals surface area contributed by atoms with Gasteiger partial charge in [-0.1, -0.05) is 23.2 Å². The largest absolute Gasteiger partial charge is 0.506 e. The molecule has 0 aliphatic carbocycles. The summed E-state index contributed by atoms with van der Waals surface area (Å²) in [7, 11) is 0. The molecule has 0 saturated heterocycles. The minimum atomic E-state index is -4.61. The fourth-order valence-corrected chi connectivity index (χ4v) is 1.91. The Hall–Kier alpha value is -1.99. The second kappa shape index (κ2) is 6.02. The van der Waals surface area contributed by atoms with Crippen molar-refractivity contribution in [2.75, 3.05) is 5.32 Å². The highest BCUT2D eigenvalue weighted by molar-refractivity contribution is 6.35. The number of pyridine rings is 1. The quantitative estimate of drug-likeness (QED) is 0.624. The Balaban J connectivity index is 2.34. The summed E-state index contributed by atoms with van der Waals surface area (Å²) in [6.07, 6.45) is -4.61. The molecule has 0 radical (unpaired) electrons. The van der Waals surface area contributed by atoms with Crippen LogP contribution in [-0.4, -0.2) is 16.0 Å². The van der Waals surface area contributed by atoms with Crippen molar-refractivity contribution in [1.82, 2.24) is 4.98 Å². The molecule has 2 aromatic rings. The van der Waals surface area contributed by atoms with Gasteiger partial charge in [0.2, 0.25) is 0 Å². The molecule has 2 rings (SSSR count). The third-order valence-corrected chi connectivity index (χ3v) is 3.11. The molecule has 4 nitrogen and oxygen atoms in total. The van der Waals surface area contributed by atoms with E-state index < -0.39 is 29.1 Å². The zero-order valence-corrected chi connectivity index (χ0v) is 12.1. The maximum absolute atomic E-state index is 12.6. The topological polar surface area (TPSA) is 62.2 Å². The monoisotopic (exact) mass is 350 g/mol. The molecule has 0 unspecified atom stereocenters. The molecular formula is C13H7Cl2F3N2O2. The summed E-state index contributed by atoms with van der Waals surface area (Å²) in [6, 6.07) is 4.78. The van der Waals surface area contributed by atoms with Crippen molar-refractivity contribution < 1.29 is 23.1 Å². The smallest absolute Gasteiger partial charge is 0.416 e. The van der Waals surface area contributed by atoms with Crippen molar-refractivity contribution in [2.45, 2.75) is 6.18 Å². The van der Waals surface area contributed by atoms with Crippen LogP contribution in [0.5, 0.6) is 5.75 Å². The standard InChI is InChI=1S/C13H7Cl2F3N2O2/c14-7-2-4-10(15)20-11(7)12(22)19-8-5-6(13(16,17)18)1-3-9(8)21/h1-5,21H,(H,19,22). The molecule has 1 heterocycles. The third-order valence-electron chi connectivity index (χ3n) is 2.60. The van der Waals surface area contributed by atoms with Gasteiger partial charge in [0, 0.05) is 0 Å². The molecule has 2 N–H and O–H groups in total. The first kappa shape index (κ1) is 16.4. The molecule has 0 bridgehead atoms. The lowest BCUT2D eigenvalue weighted by Gasteiger charge is -2.12. The molecule has 22 heavy (non-hydrogen) atoms. The van der Waals surface area contributed by atoms with Crippen molar-refractivity contribution in [2.24, 2.45) is 0 Å². The van der Waals surface area contributed by atoms with Gasteiger partial charge in [-0.2, -0.15) is 13.2 Å². The number of phenols is 1. The minimum absolute atomic E-state index is 0.0113. The highest BCUT2D eigenvalue weighted by atomic mass is 35.5. The molecule has 1 amide bonds. The number of benzene rings is 1. The van der Waals surface area contributed by atoms with Crippen LogP contribution in [0.15, 0.2) is 30.3 Å². The fraction of sp³-hybridized carbons (Fsp3) is 0.0769. The van der Waals surface area contributed by atoms with Crippen molar-refractivity contribution in [3.05, 3.63) is 51.8 Å². The molecule has 0 aliphatic heterocycles. The number of hydrogen-bond acceptors (Lipinski definition) is 3. The number of hydrogen-bond donors (Lipinski definition) is 2. The zero-order chi connectivity index (χ0) is 16.5. The van der Waals surface area contributed by atoms with Gasteiger partial charge in [0.05, 0.1) is 16.3 Å². The first-order chi connectivity index (χ1) is 10.2. The van der Waals surface area contributed by atoms with E-state index in [1.54, 1.807) is 0 Å². The van der Waals surface area contributed by atoms with E-state index in [0.717, 1.165) is 6.07 Å². The Bertz CT molecular complexity index is 736. The molecule has 1 aromatic heterocycles. The lowest BCUT2D eigenvalue weighted by atomic mass is 10.1. The van der Waals surface area contributed by atoms with Crippen LogP contribution in [0, 0.1) is 0 Å². The molecular weight excluding hydrogens is 344 g/mol. The third kappa shape index (κ3) is 3.61. The minimum Gasteiger partial charge on any atom is -0.506 e. The van der Waals surface area contributed by atoms with Gasteiger partial charge in [0.15, 0.2) is 0 Å². The van der Waals surface area contributed by atoms with E-state index >= 15 is 0 Å². The Morgan fingerprint density at radius 1 is 1.18 bits per heavy atom. The summed E-state index contributed by atoms with van der Waals surface area (Å²) >= 11 is 11.4. The van der Waals surface area contributed by atoms with Gasteiger partial charge in [-0.15, -0.1) is 0 Å². The maximum atomic E-state index is 12.6. The number of halogens is 5. The summed E-state index contributed by atoms with van der Waals surface area (Å²) in [4.78, 5) is 15.7. The van der Waals surface area contributed by atoms with E-state index in [1.807, 2.05) is 0 Å². The van der Waals surface area contributed by atoms with E-state index in [-0.39, 0.29) is 15.9 Å². The SMILES string of the molecule is O=C(Nc1cc(C(F)(F)F)ccc1O)c1nc(Cl)ccc1Cl. The summed E-state index contributed by atoms with van der Waals surface area (Å²) in [5.74, 6) is -1.43. The molecule has 9 heteroatoms. The van der Waals surface area contributed by atoms with Gasteiger partial charge in [-0.05, 0) is 30.3 Å². The van der Waals surface area contributed by atoms with Crippen molar-refractivity contribution in [3.8, 4) is 5.75 Å². The van der Waals surface area contributed by atoms with E-state index in [2.05, 4.69) is 10.3 Å². The van der Waals surface area contributed by atoms with Crippen molar-refractivity contribution >= 4 is 34.8 Å². The number of rotatable bonds is 2. The van der Waals surface area contributed by atoms with Crippen LogP contribution in [0.3, 0.4) is 0 Å². The fourth-order valence-electron chi connectivity index (χ4n) is 1.57. The van der Waals surface area contributed by atoms with Crippen LogP contribution >= 0.6 is 23.2 Å². The molecule has 0 spiro atoms. The summed E-state index contributed by atoms with van der Waals surface area (Å²) < 4.78 is 37.9. The van der Waals surface area contributed by atoms with Crippen molar-refractivity contribution in [1.29, 1.82) is 0 Å². The number of anilines is 1. The number of nitrogens with one attached hydrogen (secondary N) is 1. The molecule has 0 atom stereocenters. The molecule has 0 saturated carbocycles. The number of phenolic OH excluding ortho intramolecular Hbond substituents is 1. The van der Waals surface area contributed by atoms with Gasteiger partial charge in [0.1, 0.15) is 16.6 Å². The van der Waals surface area contributed by atoms with Crippen LogP contribution in [0.4, 0.5) is 18.9 Å². The van der Waals surface area contributed by atoms with E-state index in [1.165, 1.54) is 12.1 Å². The Morgan fingerprint density at radius 2 is 1.86 bits per heavy atom. The van der Waals surface area contributed by atoms with Gasteiger partial charge >= 0.3 is 6.18 Å². The van der Waals surface area contributed by atoms with Crippen LogP contribution < -0.4 is 5.32 Å². The number of amides is 1. The van der Waals surface area contributed by atoms with E-state index in [9.17, 15) is 23.1 Å². The average molecular weight is 351 g/mol. The van der Waals surface area contributed by atoms with E-state index in [4.69, 9.17) is 23.2 Å². The van der Waals surface area contributed by atoms with E-state index in [0.29, 0.717) is 12.1 Å². The number of carbonyl (C=O) groups is 1. The van der Waals surface area contributed by atoms with Gasteiger partial charge in [-0.3, -0.25) is 4.79 Å². The lowest BCUT2D eigenvalue weighted by Crippen LogP contribution is -2.15. The number of carbonyl (C=O) groups excluding carboxylic acids is 1. The summed E-state index contributed by atoms with van der Waals surface area (Å²) in [6.45, 7) is 0. The highest BCUT2D eigenvalue weighted by Gasteiger charge is 2.31.